The molecule has 2 aromatic carbocycles. The average Bonchev–Trinajstić information content (AvgIpc) is 2.41. The fourth-order valence-electron chi connectivity index (χ4n) is 2.35. The Hall–Kier alpha value is -1.85. The lowest BCUT2D eigenvalue weighted by Crippen LogP contribution is -2.28. The van der Waals surface area contributed by atoms with Crippen LogP contribution in [-0.4, -0.2) is 8.42 Å². The van der Waals surface area contributed by atoms with Crippen LogP contribution in [-0.2, 0) is 10.0 Å². The van der Waals surface area contributed by atoms with Gasteiger partial charge in [-0.05, 0) is 49.6 Å². The maximum atomic E-state index is 12.5. The molecule has 2 rings (SSSR count). The highest BCUT2D eigenvalue weighted by Gasteiger charge is 2.21. The van der Waals surface area contributed by atoms with Crippen molar-refractivity contribution in [2.45, 2.75) is 31.7 Å². The van der Waals surface area contributed by atoms with Crippen molar-refractivity contribution < 1.29 is 8.42 Å². The van der Waals surface area contributed by atoms with Gasteiger partial charge in [-0.1, -0.05) is 30.3 Å². The van der Waals surface area contributed by atoms with Crippen LogP contribution < -0.4 is 10.5 Å². The molecule has 0 aliphatic heterocycles. The number of nitrogens with one attached hydrogen (secondary N) is 1. The Morgan fingerprint density at radius 3 is 2.38 bits per heavy atom. The van der Waals surface area contributed by atoms with Crippen LogP contribution in [0.25, 0.3) is 0 Å². The van der Waals surface area contributed by atoms with Gasteiger partial charge in [0, 0.05) is 11.7 Å². The maximum Gasteiger partial charge on any atom is 0.241 e. The van der Waals surface area contributed by atoms with Gasteiger partial charge in [-0.25, -0.2) is 13.1 Å². The number of sulfonamides is 1. The lowest BCUT2D eigenvalue weighted by Gasteiger charge is -2.18. The molecule has 4 nitrogen and oxygen atoms in total. The molecule has 0 saturated carbocycles. The monoisotopic (exact) mass is 304 g/mol. The van der Waals surface area contributed by atoms with E-state index in [1.54, 1.807) is 25.1 Å². The highest BCUT2D eigenvalue weighted by molar-refractivity contribution is 7.89. The minimum absolute atomic E-state index is 0.225. The van der Waals surface area contributed by atoms with Crippen LogP contribution in [0.1, 0.15) is 29.7 Å². The van der Waals surface area contributed by atoms with E-state index in [9.17, 15) is 8.42 Å². The molecule has 0 amide bonds. The Bertz CT molecular complexity index is 755. The SMILES string of the molecule is Cc1ccccc1C(C)NS(=O)(=O)c1cccc(N)c1C. The molecular weight excluding hydrogens is 284 g/mol. The van der Waals surface area contributed by atoms with Gasteiger partial charge in [0.15, 0.2) is 0 Å². The molecule has 0 bridgehead atoms. The number of aryl methyl sites for hydroxylation is 1. The van der Waals surface area contributed by atoms with E-state index in [1.165, 1.54) is 0 Å². The van der Waals surface area contributed by atoms with Crippen molar-refractivity contribution in [3.63, 3.8) is 0 Å². The first-order chi connectivity index (χ1) is 9.83. The number of nitrogen functional groups attached to an aromatic ring is 1. The zero-order valence-corrected chi connectivity index (χ0v) is 13.2. The van der Waals surface area contributed by atoms with E-state index in [2.05, 4.69) is 4.72 Å². The van der Waals surface area contributed by atoms with E-state index >= 15 is 0 Å². The zero-order valence-electron chi connectivity index (χ0n) is 12.4. The molecule has 0 spiro atoms. The molecule has 1 atom stereocenters. The lowest BCUT2D eigenvalue weighted by molar-refractivity contribution is 0.566. The number of hydrogen-bond acceptors (Lipinski definition) is 3. The van der Waals surface area contributed by atoms with Crippen LogP contribution >= 0.6 is 0 Å². The molecule has 0 saturated heterocycles. The van der Waals surface area contributed by atoms with Crippen LogP contribution in [0, 0.1) is 13.8 Å². The quantitative estimate of drug-likeness (QED) is 0.853. The highest BCUT2D eigenvalue weighted by atomic mass is 32.2. The molecule has 2 aromatic rings. The van der Waals surface area contributed by atoms with Gasteiger partial charge in [0.05, 0.1) is 4.90 Å². The predicted octanol–water partition coefficient (Wildman–Crippen LogP) is 2.93. The smallest absolute Gasteiger partial charge is 0.241 e. The molecule has 0 aromatic heterocycles. The second-order valence-electron chi connectivity index (χ2n) is 5.17. The summed E-state index contributed by atoms with van der Waals surface area (Å²) in [7, 11) is -3.61. The summed E-state index contributed by atoms with van der Waals surface area (Å²) in [5, 5.41) is 0. The summed E-state index contributed by atoms with van der Waals surface area (Å²) in [5.41, 5.74) is 8.85. The van der Waals surface area contributed by atoms with Gasteiger partial charge < -0.3 is 5.73 Å². The Labute approximate surface area is 126 Å². The van der Waals surface area contributed by atoms with Crippen molar-refractivity contribution >= 4 is 15.7 Å². The summed E-state index contributed by atoms with van der Waals surface area (Å²) in [6.45, 7) is 5.51. The largest absolute Gasteiger partial charge is 0.398 e. The fourth-order valence-corrected chi connectivity index (χ4v) is 3.85. The second kappa shape index (κ2) is 5.87. The van der Waals surface area contributed by atoms with Gasteiger partial charge in [-0.15, -0.1) is 0 Å². The average molecular weight is 304 g/mol. The number of benzene rings is 2. The van der Waals surface area contributed by atoms with E-state index < -0.39 is 10.0 Å². The predicted molar refractivity (Wildman–Crippen MR) is 85.5 cm³/mol. The Kier molecular flexibility index (Phi) is 4.34. The summed E-state index contributed by atoms with van der Waals surface area (Å²) in [6, 6.07) is 12.3. The van der Waals surface area contributed by atoms with E-state index in [0.29, 0.717) is 11.3 Å². The summed E-state index contributed by atoms with van der Waals surface area (Å²) < 4.78 is 27.8. The topological polar surface area (TPSA) is 72.2 Å². The molecular formula is C16H20N2O2S. The molecule has 5 heteroatoms. The number of hydrogen-bond donors (Lipinski definition) is 2. The molecule has 0 aliphatic carbocycles. The van der Waals surface area contributed by atoms with Crippen molar-refractivity contribution in [2.75, 3.05) is 5.73 Å². The van der Waals surface area contributed by atoms with Crippen LogP contribution in [0.5, 0.6) is 0 Å². The Balaban J connectivity index is 2.34. The minimum Gasteiger partial charge on any atom is -0.398 e. The van der Waals surface area contributed by atoms with Gasteiger partial charge >= 0.3 is 0 Å². The molecule has 3 N–H and O–H groups in total. The summed E-state index contributed by atoms with van der Waals surface area (Å²) >= 11 is 0. The molecule has 0 fully saturated rings. The molecule has 0 heterocycles. The van der Waals surface area contributed by atoms with Crippen molar-refractivity contribution in [1.82, 2.24) is 4.72 Å². The molecule has 1 unspecified atom stereocenters. The van der Waals surface area contributed by atoms with E-state index in [0.717, 1.165) is 11.1 Å². The third-order valence-corrected chi connectivity index (χ3v) is 5.29. The van der Waals surface area contributed by atoms with Gasteiger partial charge in [0.1, 0.15) is 0 Å². The summed E-state index contributed by atoms with van der Waals surface area (Å²) in [6.07, 6.45) is 0. The fraction of sp³-hybridized carbons (Fsp3) is 0.250. The van der Waals surface area contributed by atoms with E-state index in [1.807, 2.05) is 38.1 Å². The summed E-state index contributed by atoms with van der Waals surface area (Å²) in [4.78, 5) is 0.225. The van der Waals surface area contributed by atoms with Gasteiger partial charge in [0.2, 0.25) is 10.0 Å². The summed E-state index contributed by atoms with van der Waals surface area (Å²) in [5.74, 6) is 0. The molecule has 0 aliphatic rings. The molecule has 112 valence electrons. The first-order valence-electron chi connectivity index (χ1n) is 6.76. The van der Waals surface area contributed by atoms with Crippen molar-refractivity contribution in [3.8, 4) is 0 Å². The molecule has 21 heavy (non-hydrogen) atoms. The van der Waals surface area contributed by atoms with E-state index in [-0.39, 0.29) is 10.9 Å². The molecule has 0 radical (unpaired) electrons. The highest BCUT2D eigenvalue weighted by Crippen LogP contribution is 2.23. The zero-order chi connectivity index (χ0) is 15.6. The van der Waals surface area contributed by atoms with Crippen molar-refractivity contribution in [3.05, 3.63) is 59.2 Å². The van der Waals surface area contributed by atoms with E-state index in [4.69, 9.17) is 5.73 Å². The maximum absolute atomic E-state index is 12.5. The normalized spacial score (nSPS) is 13.1. The van der Waals surface area contributed by atoms with Gasteiger partial charge in [-0.2, -0.15) is 0 Å². The van der Waals surface area contributed by atoms with Crippen LogP contribution in [0.2, 0.25) is 0 Å². The van der Waals surface area contributed by atoms with Gasteiger partial charge in [0.25, 0.3) is 0 Å². The number of nitrogens with two attached hydrogens (primary N) is 1. The minimum atomic E-state index is -3.61. The van der Waals surface area contributed by atoms with Gasteiger partial charge in [-0.3, -0.25) is 0 Å². The van der Waals surface area contributed by atoms with Crippen LogP contribution in [0.3, 0.4) is 0 Å². The van der Waals surface area contributed by atoms with Crippen LogP contribution in [0.4, 0.5) is 5.69 Å². The second-order valence-corrected chi connectivity index (χ2v) is 6.85. The standard InChI is InChI=1S/C16H20N2O2S/c1-11-7-4-5-8-14(11)13(3)18-21(19,20)16-10-6-9-15(17)12(16)2/h4-10,13,18H,17H2,1-3H3. The van der Waals surface area contributed by atoms with Crippen molar-refractivity contribution in [2.24, 2.45) is 0 Å². The Morgan fingerprint density at radius 2 is 1.71 bits per heavy atom. The third kappa shape index (κ3) is 3.25. The lowest BCUT2D eigenvalue weighted by atomic mass is 10.0. The van der Waals surface area contributed by atoms with Crippen LogP contribution in [0.15, 0.2) is 47.4 Å². The number of rotatable bonds is 4. The third-order valence-electron chi connectivity index (χ3n) is 3.60. The first-order valence-corrected chi connectivity index (χ1v) is 8.24. The Morgan fingerprint density at radius 1 is 1.05 bits per heavy atom. The first kappa shape index (κ1) is 15.5. The van der Waals surface area contributed by atoms with Crippen molar-refractivity contribution in [1.29, 1.82) is 0 Å². The number of anilines is 1.